The average Bonchev–Trinajstić information content (AvgIpc) is 3.15. The molecule has 1 aliphatic rings. The lowest BCUT2D eigenvalue weighted by molar-refractivity contribution is 0.0643. The third-order valence-corrected chi connectivity index (χ3v) is 3.57. The van der Waals surface area contributed by atoms with Gasteiger partial charge in [0.25, 0.3) is 5.91 Å². The van der Waals surface area contributed by atoms with Gasteiger partial charge in [0.15, 0.2) is 5.69 Å². The first-order valence-corrected chi connectivity index (χ1v) is 6.54. The Hall–Kier alpha value is -2.11. The number of rotatable bonds is 4. The van der Waals surface area contributed by atoms with E-state index in [0.29, 0.717) is 12.2 Å². The van der Waals surface area contributed by atoms with E-state index in [4.69, 9.17) is 4.42 Å². The summed E-state index contributed by atoms with van der Waals surface area (Å²) in [6.07, 6.45) is 7.53. The zero-order valence-electron chi connectivity index (χ0n) is 10.6. The minimum absolute atomic E-state index is 0.0861. The lowest BCUT2D eigenvalue weighted by atomic mass is 10.2. The molecule has 1 N–H and O–H groups in total. The molecule has 3 rings (SSSR count). The standard InChI is InChI=1S/C13H16N4O2/c18-13(12-8-14-16-15-12)17(10-4-1-2-5-10)9-11-6-3-7-19-11/h3,6-8,10H,1-2,4-5,9H2,(H,14,15,16). The molecule has 0 bridgehead atoms. The molecule has 19 heavy (non-hydrogen) atoms. The van der Waals surface area contributed by atoms with Crippen LogP contribution >= 0.6 is 0 Å². The van der Waals surface area contributed by atoms with Crippen LogP contribution in [0.2, 0.25) is 0 Å². The van der Waals surface area contributed by atoms with Gasteiger partial charge in [-0.2, -0.15) is 15.4 Å². The van der Waals surface area contributed by atoms with E-state index in [9.17, 15) is 4.79 Å². The molecule has 6 nitrogen and oxygen atoms in total. The van der Waals surface area contributed by atoms with Crippen molar-refractivity contribution in [2.75, 3.05) is 0 Å². The Labute approximate surface area is 110 Å². The van der Waals surface area contributed by atoms with E-state index in [1.807, 2.05) is 17.0 Å². The molecule has 0 spiro atoms. The quantitative estimate of drug-likeness (QED) is 0.912. The summed E-state index contributed by atoms with van der Waals surface area (Å²) < 4.78 is 5.35. The van der Waals surface area contributed by atoms with Gasteiger partial charge in [-0.3, -0.25) is 4.79 Å². The molecule has 2 heterocycles. The van der Waals surface area contributed by atoms with Crippen molar-refractivity contribution in [3.63, 3.8) is 0 Å². The number of aromatic amines is 1. The van der Waals surface area contributed by atoms with Crippen LogP contribution in [0.25, 0.3) is 0 Å². The van der Waals surface area contributed by atoms with E-state index < -0.39 is 0 Å². The first-order chi connectivity index (χ1) is 9.34. The van der Waals surface area contributed by atoms with Crippen LogP contribution in [0.4, 0.5) is 0 Å². The number of nitrogens with one attached hydrogen (secondary N) is 1. The van der Waals surface area contributed by atoms with Crippen LogP contribution in [0.5, 0.6) is 0 Å². The Morgan fingerprint density at radius 3 is 2.95 bits per heavy atom. The summed E-state index contributed by atoms with van der Waals surface area (Å²) in [6, 6.07) is 4.00. The Bertz CT molecular complexity index is 515. The highest BCUT2D eigenvalue weighted by Gasteiger charge is 2.29. The average molecular weight is 260 g/mol. The van der Waals surface area contributed by atoms with Crippen molar-refractivity contribution in [2.45, 2.75) is 38.3 Å². The third kappa shape index (κ3) is 2.52. The number of carbonyl (C=O) groups excluding carboxylic acids is 1. The molecular formula is C13H16N4O2. The number of H-pyrrole nitrogens is 1. The van der Waals surface area contributed by atoms with Crippen LogP contribution in [-0.2, 0) is 6.54 Å². The molecule has 100 valence electrons. The molecule has 2 aromatic heterocycles. The maximum Gasteiger partial charge on any atom is 0.276 e. The summed E-state index contributed by atoms with van der Waals surface area (Å²) in [6.45, 7) is 0.489. The number of hydrogen-bond donors (Lipinski definition) is 1. The Balaban J connectivity index is 1.81. The van der Waals surface area contributed by atoms with Crippen LogP contribution < -0.4 is 0 Å². The summed E-state index contributed by atoms with van der Waals surface area (Å²) in [4.78, 5) is 14.3. The second-order valence-corrected chi connectivity index (χ2v) is 4.81. The predicted octanol–water partition coefficient (Wildman–Crippen LogP) is 1.98. The van der Waals surface area contributed by atoms with Crippen LogP contribution in [0.1, 0.15) is 41.9 Å². The normalized spacial score (nSPS) is 15.8. The molecule has 0 unspecified atom stereocenters. The van der Waals surface area contributed by atoms with Gasteiger partial charge in [0.05, 0.1) is 19.0 Å². The van der Waals surface area contributed by atoms with Gasteiger partial charge >= 0.3 is 0 Å². The molecule has 1 amide bonds. The van der Waals surface area contributed by atoms with Gasteiger partial charge in [-0.15, -0.1) is 0 Å². The van der Waals surface area contributed by atoms with E-state index in [1.165, 1.54) is 19.0 Å². The fourth-order valence-electron chi connectivity index (χ4n) is 2.60. The van der Waals surface area contributed by atoms with Crippen molar-refractivity contribution in [1.82, 2.24) is 20.3 Å². The molecule has 1 fully saturated rings. The van der Waals surface area contributed by atoms with E-state index in [-0.39, 0.29) is 11.9 Å². The van der Waals surface area contributed by atoms with Crippen LogP contribution in [-0.4, -0.2) is 32.3 Å². The first kappa shape index (κ1) is 12.0. The molecular weight excluding hydrogens is 244 g/mol. The van der Waals surface area contributed by atoms with Crippen LogP contribution in [0.3, 0.4) is 0 Å². The molecule has 1 aliphatic carbocycles. The molecule has 0 aliphatic heterocycles. The van der Waals surface area contributed by atoms with Gasteiger partial charge < -0.3 is 9.32 Å². The summed E-state index contributed by atoms with van der Waals surface area (Å²) >= 11 is 0. The monoisotopic (exact) mass is 260 g/mol. The topological polar surface area (TPSA) is 75.0 Å². The summed E-state index contributed by atoms with van der Waals surface area (Å²) in [7, 11) is 0. The minimum Gasteiger partial charge on any atom is -0.467 e. The smallest absolute Gasteiger partial charge is 0.276 e. The van der Waals surface area contributed by atoms with Gasteiger partial charge in [0.2, 0.25) is 0 Å². The molecule has 6 heteroatoms. The maximum atomic E-state index is 12.5. The summed E-state index contributed by atoms with van der Waals surface area (Å²) in [5.41, 5.74) is 0.360. The number of aromatic nitrogens is 3. The fraction of sp³-hybridized carbons (Fsp3) is 0.462. The zero-order valence-corrected chi connectivity index (χ0v) is 10.6. The van der Waals surface area contributed by atoms with E-state index >= 15 is 0 Å². The predicted molar refractivity (Wildman–Crippen MR) is 67.2 cm³/mol. The highest BCUT2D eigenvalue weighted by molar-refractivity contribution is 5.92. The van der Waals surface area contributed by atoms with Crippen molar-refractivity contribution in [1.29, 1.82) is 0 Å². The molecule has 1 saturated carbocycles. The van der Waals surface area contributed by atoms with Crippen LogP contribution in [0, 0.1) is 0 Å². The highest BCUT2D eigenvalue weighted by atomic mass is 16.3. The second kappa shape index (κ2) is 5.26. The van der Waals surface area contributed by atoms with Crippen molar-refractivity contribution in [3.8, 4) is 0 Å². The van der Waals surface area contributed by atoms with E-state index in [1.54, 1.807) is 6.26 Å². The SMILES string of the molecule is O=C(c1cn[nH]n1)N(Cc1ccco1)C1CCCC1. The minimum atomic E-state index is -0.0861. The molecule has 0 aromatic carbocycles. The van der Waals surface area contributed by atoms with Crippen LogP contribution in [0.15, 0.2) is 29.0 Å². The number of amides is 1. The third-order valence-electron chi connectivity index (χ3n) is 3.57. The van der Waals surface area contributed by atoms with Crippen molar-refractivity contribution in [3.05, 3.63) is 36.0 Å². The molecule has 2 aromatic rings. The Kier molecular flexibility index (Phi) is 3.31. The molecule has 0 atom stereocenters. The maximum absolute atomic E-state index is 12.5. The van der Waals surface area contributed by atoms with Crippen molar-refractivity contribution in [2.24, 2.45) is 0 Å². The lowest BCUT2D eigenvalue weighted by Gasteiger charge is -2.27. The Morgan fingerprint density at radius 2 is 2.32 bits per heavy atom. The van der Waals surface area contributed by atoms with Gasteiger partial charge in [0.1, 0.15) is 5.76 Å². The summed E-state index contributed by atoms with van der Waals surface area (Å²) in [5.74, 6) is 0.709. The summed E-state index contributed by atoms with van der Waals surface area (Å²) in [5, 5.41) is 10.1. The Morgan fingerprint density at radius 1 is 1.47 bits per heavy atom. The fourth-order valence-corrected chi connectivity index (χ4v) is 2.60. The number of nitrogens with zero attached hydrogens (tertiary/aromatic N) is 3. The van der Waals surface area contributed by atoms with Crippen molar-refractivity contribution < 1.29 is 9.21 Å². The van der Waals surface area contributed by atoms with Gasteiger partial charge in [0, 0.05) is 6.04 Å². The van der Waals surface area contributed by atoms with E-state index in [2.05, 4.69) is 15.4 Å². The first-order valence-electron chi connectivity index (χ1n) is 6.54. The second-order valence-electron chi connectivity index (χ2n) is 4.81. The number of hydrogen-bond acceptors (Lipinski definition) is 4. The van der Waals surface area contributed by atoms with E-state index in [0.717, 1.165) is 18.6 Å². The van der Waals surface area contributed by atoms with Gasteiger partial charge in [-0.25, -0.2) is 0 Å². The molecule has 0 radical (unpaired) electrons. The number of furan rings is 1. The highest BCUT2D eigenvalue weighted by Crippen LogP contribution is 2.26. The largest absolute Gasteiger partial charge is 0.467 e. The molecule has 0 saturated heterocycles. The zero-order chi connectivity index (χ0) is 13.1. The van der Waals surface area contributed by atoms with Gasteiger partial charge in [-0.05, 0) is 25.0 Å². The van der Waals surface area contributed by atoms with Crippen molar-refractivity contribution >= 4 is 5.91 Å². The number of carbonyl (C=O) groups is 1. The van der Waals surface area contributed by atoms with Gasteiger partial charge in [-0.1, -0.05) is 12.8 Å². The lowest BCUT2D eigenvalue weighted by Crippen LogP contribution is -2.38.